The van der Waals surface area contributed by atoms with Gasteiger partial charge in [-0.25, -0.2) is 0 Å². The van der Waals surface area contributed by atoms with Gasteiger partial charge in [-0.3, -0.25) is 4.90 Å². The fourth-order valence-corrected chi connectivity index (χ4v) is 4.74. The number of nitrogens with two attached hydrogens (primary N) is 1. The molecular weight excluding hydrogens is 236 g/mol. The number of piperidine rings is 1. The van der Waals surface area contributed by atoms with Gasteiger partial charge in [0, 0.05) is 25.2 Å². The van der Waals surface area contributed by atoms with Crippen LogP contribution in [0.25, 0.3) is 0 Å². The summed E-state index contributed by atoms with van der Waals surface area (Å²) in [6.45, 7) is 3.99. The van der Waals surface area contributed by atoms with Crippen LogP contribution >= 0.6 is 0 Å². The monoisotopic (exact) mass is 266 g/mol. The average Bonchev–Trinajstić information content (AvgIpc) is 2.49. The number of likely N-dealkylation sites (tertiary alicyclic amines) is 1. The van der Waals surface area contributed by atoms with E-state index in [2.05, 4.69) is 4.90 Å². The van der Waals surface area contributed by atoms with Gasteiger partial charge in [0.15, 0.2) is 0 Å². The predicted molar refractivity (Wildman–Crippen MR) is 78.1 cm³/mol. The van der Waals surface area contributed by atoms with E-state index < -0.39 is 0 Å². The van der Waals surface area contributed by atoms with Gasteiger partial charge in [0.25, 0.3) is 0 Å². The molecule has 0 aromatic rings. The van der Waals surface area contributed by atoms with Gasteiger partial charge < -0.3 is 10.5 Å². The first-order valence-corrected chi connectivity index (χ1v) is 8.43. The lowest BCUT2D eigenvalue weighted by Gasteiger charge is -2.49. The second-order valence-electron chi connectivity index (χ2n) is 6.77. The molecule has 0 spiro atoms. The van der Waals surface area contributed by atoms with Crippen molar-refractivity contribution in [3.63, 3.8) is 0 Å². The van der Waals surface area contributed by atoms with E-state index in [0.717, 1.165) is 31.7 Å². The van der Waals surface area contributed by atoms with Gasteiger partial charge in [-0.15, -0.1) is 0 Å². The lowest BCUT2D eigenvalue weighted by Crippen LogP contribution is -2.57. The highest BCUT2D eigenvalue weighted by Gasteiger charge is 2.39. The van der Waals surface area contributed by atoms with Crippen molar-refractivity contribution in [2.24, 2.45) is 17.6 Å². The summed E-state index contributed by atoms with van der Waals surface area (Å²) in [4.78, 5) is 2.80. The Morgan fingerprint density at radius 2 is 1.89 bits per heavy atom. The Labute approximate surface area is 117 Å². The van der Waals surface area contributed by atoms with Crippen LogP contribution < -0.4 is 5.73 Å². The molecule has 1 aliphatic carbocycles. The highest BCUT2D eigenvalue weighted by atomic mass is 16.5. The largest absolute Gasteiger partial charge is 0.381 e. The minimum Gasteiger partial charge on any atom is -0.381 e. The van der Waals surface area contributed by atoms with E-state index in [1.54, 1.807) is 0 Å². The third-order valence-electron chi connectivity index (χ3n) is 5.69. The van der Waals surface area contributed by atoms with Crippen molar-refractivity contribution in [2.45, 2.75) is 63.5 Å². The standard InChI is InChI=1S/C16H30N2O/c17-11-16(14-7-4-10-19-12-14)18-9-3-6-13-5-1-2-8-15(13)18/h13-16H,1-12,17H2. The van der Waals surface area contributed by atoms with Gasteiger partial charge in [-0.2, -0.15) is 0 Å². The fourth-order valence-electron chi connectivity index (χ4n) is 4.74. The van der Waals surface area contributed by atoms with Crippen LogP contribution in [0.2, 0.25) is 0 Å². The summed E-state index contributed by atoms with van der Waals surface area (Å²) in [5, 5.41) is 0. The highest BCUT2D eigenvalue weighted by molar-refractivity contribution is 4.93. The molecule has 3 aliphatic rings. The van der Waals surface area contributed by atoms with Crippen molar-refractivity contribution in [2.75, 3.05) is 26.3 Å². The van der Waals surface area contributed by atoms with Gasteiger partial charge in [0.05, 0.1) is 6.61 Å². The van der Waals surface area contributed by atoms with Crippen molar-refractivity contribution in [3.8, 4) is 0 Å². The molecule has 0 bridgehead atoms. The van der Waals surface area contributed by atoms with Crippen LogP contribution in [0.15, 0.2) is 0 Å². The number of hydrogen-bond donors (Lipinski definition) is 1. The van der Waals surface area contributed by atoms with E-state index in [0.29, 0.717) is 12.0 Å². The van der Waals surface area contributed by atoms with E-state index in [1.165, 1.54) is 57.9 Å². The zero-order chi connectivity index (χ0) is 13.1. The maximum absolute atomic E-state index is 6.16. The third kappa shape index (κ3) is 2.98. The zero-order valence-corrected chi connectivity index (χ0v) is 12.2. The number of hydrogen-bond acceptors (Lipinski definition) is 3. The van der Waals surface area contributed by atoms with Gasteiger partial charge >= 0.3 is 0 Å². The van der Waals surface area contributed by atoms with E-state index in [4.69, 9.17) is 10.5 Å². The topological polar surface area (TPSA) is 38.5 Å². The van der Waals surface area contributed by atoms with Crippen molar-refractivity contribution in [3.05, 3.63) is 0 Å². The maximum atomic E-state index is 6.16. The summed E-state index contributed by atoms with van der Waals surface area (Å²) in [6, 6.07) is 1.41. The molecule has 3 fully saturated rings. The molecule has 2 N–H and O–H groups in total. The molecule has 2 aliphatic heterocycles. The Balaban J connectivity index is 1.69. The molecule has 0 aromatic heterocycles. The van der Waals surface area contributed by atoms with Crippen LogP contribution in [0.4, 0.5) is 0 Å². The summed E-state index contributed by atoms with van der Waals surface area (Å²) >= 11 is 0. The fraction of sp³-hybridized carbons (Fsp3) is 1.00. The molecule has 3 heteroatoms. The van der Waals surface area contributed by atoms with E-state index >= 15 is 0 Å². The van der Waals surface area contributed by atoms with Crippen molar-refractivity contribution in [1.29, 1.82) is 0 Å². The lowest BCUT2D eigenvalue weighted by atomic mass is 9.76. The molecule has 4 atom stereocenters. The molecule has 0 radical (unpaired) electrons. The smallest absolute Gasteiger partial charge is 0.0509 e. The van der Waals surface area contributed by atoms with Gasteiger partial charge in [-0.05, 0) is 56.9 Å². The zero-order valence-electron chi connectivity index (χ0n) is 12.2. The average molecular weight is 266 g/mol. The van der Waals surface area contributed by atoms with Crippen LogP contribution in [0, 0.1) is 11.8 Å². The molecule has 110 valence electrons. The van der Waals surface area contributed by atoms with Gasteiger partial charge in [0.1, 0.15) is 0 Å². The number of ether oxygens (including phenoxy) is 1. The van der Waals surface area contributed by atoms with E-state index in [-0.39, 0.29) is 0 Å². The first kappa shape index (κ1) is 13.8. The Kier molecular flexibility index (Phi) is 4.78. The quantitative estimate of drug-likeness (QED) is 0.852. The molecule has 0 amide bonds. The number of fused-ring (bicyclic) bond motifs is 1. The van der Waals surface area contributed by atoms with Crippen LogP contribution in [-0.4, -0.2) is 43.3 Å². The second-order valence-corrected chi connectivity index (χ2v) is 6.77. The minimum atomic E-state index is 0.575. The summed E-state index contributed by atoms with van der Waals surface area (Å²) in [5.74, 6) is 1.64. The van der Waals surface area contributed by atoms with Crippen molar-refractivity contribution >= 4 is 0 Å². The van der Waals surface area contributed by atoms with Crippen LogP contribution in [0.3, 0.4) is 0 Å². The SMILES string of the molecule is NCC(C1CCCOC1)N1CCCC2CCCCC21. The lowest BCUT2D eigenvalue weighted by molar-refractivity contribution is -0.0333. The number of nitrogens with zero attached hydrogens (tertiary/aromatic N) is 1. The number of rotatable bonds is 3. The Bertz CT molecular complexity index is 276. The molecular formula is C16H30N2O. The highest BCUT2D eigenvalue weighted by Crippen LogP contribution is 2.37. The van der Waals surface area contributed by atoms with E-state index in [9.17, 15) is 0 Å². The maximum Gasteiger partial charge on any atom is 0.0509 e. The summed E-state index contributed by atoms with van der Waals surface area (Å²) in [7, 11) is 0. The van der Waals surface area contributed by atoms with Crippen LogP contribution in [0.1, 0.15) is 51.4 Å². The summed E-state index contributed by atoms with van der Waals surface area (Å²) in [6.07, 6.45) is 11.1. The normalized spacial score (nSPS) is 38.7. The molecule has 19 heavy (non-hydrogen) atoms. The molecule has 3 rings (SSSR count). The van der Waals surface area contributed by atoms with E-state index in [1.807, 2.05) is 0 Å². The first-order chi connectivity index (χ1) is 9.40. The Morgan fingerprint density at radius 3 is 2.68 bits per heavy atom. The molecule has 2 saturated heterocycles. The third-order valence-corrected chi connectivity index (χ3v) is 5.69. The molecule has 2 heterocycles. The predicted octanol–water partition coefficient (Wildman–Crippen LogP) is 2.39. The summed E-state index contributed by atoms with van der Waals surface area (Å²) in [5.41, 5.74) is 6.16. The Morgan fingerprint density at radius 1 is 1.05 bits per heavy atom. The minimum absolute atomic E-state index is 0.575. The first-order valence-electron chi connectivity index (χ1n) is 8.43. The molecule has 1 saturated carbocycles. The van der Waals surface area contributed by atoms with Gasteiger partial charge in [-0.1, -0.05) is 12.8 Å². The van der Waals surface area contributed by atoms with Crippen molar-refractivity contribution in [1.82, 2.24) is 4.90 Å². The van der Waals surface area contributed by atoms with Crippen LogP contribution in [-0.2, 0) is 4.74 Å². The van der Waals surface area contributed by atoms with Crippen molar-refractivity contribution < 1.29 is 4.74 Å². The molecule has 4 unspecified atom stereocenters. The summed E-state index contributed by atoms with van der Waals surface area (Å²) < 4.78 is 5.71. The second kappa shape index (κ2) is 6.55. The molecule has 3 nitrogen and oxygen atoms in total. The van der Waals surface area contributed by atoms with Gasteiger partial charge in [0.2, 0.25) is 0 Å². The Hall–Kier alpha value is -0.120. The molecule has 0 aromatic carbocycles. The van der Waals surface area contributed by atoms with Crippen LogP contribution in [0.5, 0.6) is 0 Å².